The quantitative estimate of drug-likeness (QED) is 0.518. The van der Waals surface area contributed by atoms with Gasteiger partial charge in [-0.15, -0.1) is 0 Å². The number of benzene rings is 1. The number of carbonyl (C=O) groups is 1. The summed E-state index contributed by atoms with van der Waals surface area (Å²) in [6.07, 6.45) is -5.08. The lowest BCUT2D eigenvalue weighted by molar-refractivity contribution is -0.244. The molecule has 2 aromatic rings. The number of nitrogens with one attached hydrogen (secondary N) is 1. The lowest BCUT2D eigenvalue weighted by Gasteiger charge is -2.42. The number of fused-ring (bicyclic) bond motifs is 1. The van der Waals surface area contributed by atoms with Gasteiger partial charge < -0.3 is 34.5 Å². The van der Waals surface area contributed by atoms with Crippen LogP contribution in [0.2, 0.25) is 0 Å². The summed E-state index contributed by atoms with van der Waals surface area (Å²) in [4.78, 5) is 23.0. The number of carbonyl (C=O) groups excluding carboxylic acids is 1. The number of amides is 1. The van der Waals surface area contributed by atoms with E-state index in [1.54, 1.807) is 19.1 Å². The van der Waals surface area contributed by atoms with Crippen LogP contribution in [0.3, 0.4) is 0 Å². The summed E-state index contributed by atoms with van der Waals surface area (Å²) in [5.74, 6) is -0.192. The summed E-state index contributed by atoms with van der Waals surface area (Å²) in [7, 11) is 0. The van der Waals surface area contributed by atoms with Crippen LogP contribution in [0, 0.1) is 6.92 Å². The van der Waals surface area contributed by atoms with Gasteiger partial charge in [0.15, 0.2) is 0 Å². The van der Waals surface area contributed by atoms with Gasteiger partial charge in [-0.2, -0.15) is 0 Å². The fourth-order valence-electron chi connectivity index (χ4n) is 3.08. The third kappa shape index (κ3) is 3.96. The molecule has 9 heteroatoms. The van der Waals surface area contributed by atoms with Crippen molar-refractivity contribution in [3.8, 4) is 5.75 Å². The van der Waals surface area contributed by atoms with Crippen molar-refractivity contribution >= 4 is 16.9 Å². The van der Waals surface area contributed by atoms with Crippen molar-refractivity contribution in [2.24, 2.45) is 0 Å². The van der Waals surface area contributed by atoms with E-state index in [1.165, 1.54) is 19.1 Å². The fourth-order valence-corrected chi connectivity index (χ4v) is 3.08. The van der Waals surface area contributed by atoms with Crippen LogP contribution in [-0.4, -0.2) is 58.5 Å². The van der Waals surface area contributed by atoms with E-state index in [-0.39, 0.29) is 5.75 Å². The molecule has 4 N–H and O–H groups in total. The van der Waals surface area contributed by atoms with Crippen molar-refractivity contribution in [1.29, 1.82) is 0 Å². The molecule has 0 saturated carbocycles. The van der Waals surface area contributed by atoms with E-state index >= 15 is 0 Å². The Bertz CT molecular complexity index is 895. The molecule has 0 bridgehead atoms. The molecule has 1 amide bonds. The van der Waals surface area contributed by atoms with Crippen LogP contribution in [0.4, 0.5) is 0 Å². The fraction of sp³-hybridized carbons (Fsp3) is 0.444. The largest absolute Gasteiger partial charge is 0.462 e. The normalized spacial score (nSPS) is 28.1. The Balaban J connectivity index is 1.91. The van der Waals surface area contributed by atoms with Crippen molar-refractivity contribution in [3.63, 3.8) is 0 Å². The number of aliphatic hydroxyl groups is 3. The maximum Gasteiger partial charge on any atom is 0.336 e. The van der Waals surface area contributed by atoms with E-state index in [9.17, 15) is 24.9 Å². The molecule has 1 aromatic carbocycles. The minimum absolute atomic E-state index is 0.261. The van der Waals surface area contributed by atoms with E-state index < -0.39 is 48.8 Å². The number of rotatable bonds is 4. The zero-order chi connectivity index (χ0) is 19.7. The van der Waals surface area contributed by atoms with E-state index in [2.05, 4.69) is 5.32 Å². The van der Waals surface area contributed by atoms with Gasteiger partial charge in [-0.25, -0.2) is 4.79 Å². The maximum absolute atomic E-state index is 11.6. The Morgan fingerprint density at radius 2 is 2.00 bits per heavy atom. The SMILES string of the molecule is CC(=O)N[C@H]1[C@H](Oc2ccc3c(C)cc(=O)oc3c2)OC(CO)[C@@H](O)[C@@H]1O. The second-order valence-corrected chi connectivity index (χ2v) is 6.46. The Morgan fingerprint density at radius 1 is 1.26 bits per heavy atom. The average Bonchev–Trinajstić information content (AvgIpc) is 2.60. The molecule has 0 spiro atoms. The molecule has 0 radical (unpaired) electrons. The Hall–Kier alpha value is -2.46. The van der Waals surface area contributed by atoms with Gasteiger partial charge in [0.1, 0.15) is 35.7 Å². The summed E-state index contributed by atoms with van der Waals surface area (Å²) in [5.41, 5.74) is 0.557. The molecule has 1 fully saturated rings. The summed E-state index contributed by atoms with van der Waals surface area (Å²) in [6.45, 7) is 2.48. The summed E-state index contributed by atoms with van der Waals surface area (Å²) in [5, 5.41) is 32.9. The Kier molecular flexibility index (Phi) is 5.47. The molecule has 9 nitrogen and oxygen atoms in total. The van der Waals surface area contributed by atoms with E-state index in [0.29, 0.717) is 5.58 Å². The van der Waals surface area contributed by atoms with Gasteiger partial charge in [0, 0.05) is 24.4 Å². The smallest absolute Gasteiger partial charge is 0.336 e. The lowest BCUT2D eigenvalue weighted by atomic mass is 9.97. The number of hydrogen-bond donors (Lipinski definition) is 4. The molecule has 3 rings (SSSR count). The predicted octanol–water partition coefficient (Wildman–Crippen LogP) is -0.576. The second kappa shape index (κ2) is 7.65. The van der Waals surface area contributed by atoms with Crippen LogP contribution in [0.5, 0.6) is 5.75 Å². The van der Waals surface area contributed by atoms with Crippen molar-refractivity contribution in [1.82, 2.24) is 5.32 Å². The highest BCUT2D eigenvalue weighted by Crippen LogP contribution is 2.27. The van der Waals surface area contributed by atoms with Crippen LogP contribution in [-0.2, 0) is 9.53 Å². The lowest BCUT2D eigenvalue weighted by Crippen LogP contribution is -2.65. The molecule has 0 aliphatic carbocycles. The molecule has 27 heavy (non-hydrogen) atoms. The van der Waals surface area contributed by atoms with Gasteiger partial charge in [-0.1, -0.05) is 0 Å². The van der Waals surface area contributed by atoms with Crippen molar-refractivity contribution < 1.29 is 34.0 Å². The first-order valence-corrected chi connectivity index (χ1v) is 8.41. The molecule has 1 aromatic heterocycles. The van der Waals surface area contributed by atoms with E-state index in [4.69, 9.17) is 13.9 Å². The zero-order valence-electron chi connectivity index (χ0n) is 14.8. The third-order valence-electron chi connectivity index (χ3n) is 4.43. The van der Waals surface area contributed by atoms with Crippen molar-refractivity contribution in [2.45, 2.75) is 44.5 Å². The number of aryl methyl sites for hydroxylation is 1. The van der Waals surface area contributed by atoms with Gasteiger partial charge >= 0.3 is 5.63 Å². The van der Waals surface area contributed by atoms with Crippen molar-refractivity contribution in [2.75, 3.05) is 6.61 Å². The summed E-state index contributed by atoms with van der Waals surface area (Å²) >= 11 is 0. The number of hydrogen-bond acceptors (Lipinski definition) is 8. The highest BCUT2D eigenvalue weighted by atomic mass is 16.7. The number of ether oxygens (including phenoxy) is 2. The molecule has 5 atom stereocenters. The highest BCUT2D eigenvalue weighted by Gasteiger charge is 2.46. The van der Waals surface area contributed by atoms with Crippen LogP contribution < -0.4 is 15.7 Å². The first-order chi connectivity index (χ1) is 12.8. The maximum atomic E-state index is 11.6. The molecular weight excluding hydrogens is 358 g/mol. The van der Waals surface area contributed by atoms with Crippen LogP contribution >= 0.6 is 0 Å². The molecule has 1 saturated heterocycles. The van der Waals surface area contributed by atoms with Gasteiger partial charge in [0.25, 0.3) is 0 Å². The van der Waals surface area contributed by atoms with Gasteiger partial charge in [-0.05, 0) is 24.6 Å². The van der Waals surface area contributed by atoms with Crippen molar-refractivity contribution in [3.05, 3.63) is 40.2 Å². The predicted molar refractivity (Wildman–Crippen MR) is 93.2 cm³/mol. The van der Waals surface area contributed by atoms with Gasteiger partial charge in [0.2, 0.25) is 12.2 Å². The summed E-state index contributed by atoms with van der Waals surface area (Å²) < 4.78 is 16.4. The van der Waals surface area contributed by atoms with Gasteiger partial charge in [-0.3, -0.25) is 4.79 Å². The monoisotopic (exact) mass is 379 g/mol. The first-order valence-electron chi connectivity index (χ1n) is 8.41. The van der Waals surface area contributed by atoms with Crippen LogP contribution in [0.1, 0.15) is 12.5 Å². The van der Waals surface area contributed by atoms with Crippen LogP contribution in [0.15, 0.2) is 33.5 Å². The van der Waals surface area contributed by atoms with E-state index in [0.717, 1.165) is 10.9 Å². The molecular formula is C18H21NO8. The molecule has 1 unspecified atom stereocenters. The Morgan fingerprint density at radius 3 is 2.67 bits per heavy atom. The van der Waals surface area contributed by atoms with Gasteiger partial charge in [0.05, 0.1) is 6.61 Å². The highest BCUT2D eigenvalue weighted by molar-refractivity contribution is 5.81. The summed E-state index contributed by atoms with van der Waals surface area (Å²) in [6, 6.07) is 5.12. The van der Waals surface area contributed by atoms with Crippen LogP contribution in [0.25, 0.3) is 11.0 Å². The standard InChI is InChI=1S/C18H21NO8/c1-8-5-14(22)26-12-6-10(3-4-11(8)12)25-18-15(19-9(2)21)17(24)16(23)13(7-20)27-18/h3-6,13,15-18,20,23-24H,7H2,1-2H3,(H,19,21)/t13?,15-,16-,17-,18-/m1/s1. The number of aliphatic hydroxyl groups excluding tert-OH is 3. The topological polar surface area (TPSA) is 138 Å². The Labute approximate surface area is 154 Å². The minimum Gasteiger partial charge on any atom is -0.462 e. The average molecular weight is 379 g/mol. The van der Waals surface area contributed by atoms with E-state index in [1.807, 2.05) is 0 Å². The molecule has 146 valence electrons. The zero-order valence-corrected chi connectivity index (χ0v) is 14.8. The minimum atomic E-state index is -1.41. The molecule has 1 aliphatic rings. The molecule has 1 aliphatic heterocycles. The first kappa shape index (κ1) is 19.3. The molecule has 2 heterocycles. The third-order valence-corrected chi connectivity index (χ3v) is 4.43. The second-order valence-electron chi connectivity index (χ2n) is 6.46.